The number of nitrogens with zero attached hydrogens (tertiary/aromatic N) is 1. The second-order valence-electron chi connectivity index (χ2n) is 3.89. The van der Waals surface area contributed by atoms with E-state index in [1.54, 1.807) is 0 Å². The first-order chi connectivity index (χ1) is 8.34. The number of hydrogen-bond acceptors (Lipinski definition) is 1. The van der Waals surface area contributed by atoms with E-state index in [0.29, 0.717) is 0 Å². The molecule has 0 N–H and O–H groups in total. The zero-order chi connectivity index (χ0) is 11.7. The normalized spacial score (nSPS) is 10.6. The van der Waals surface area contributed by atoms with E-state index >= 15 is 0 Å². The van der Waals surface area contributed by atoms with Crippen LogP contribution in [0, 0.1) is 0 Å². The summed E-state index contributed by atoms with van der Waals surface area (Å²) in [4.78, 5) is 4.71. The summed E-state index contributed by atoms with van der Waals surface area (Å²) in [6.07, 6.45) is 0. The molecule has 2 heteroatoms. The van der Waals surface area contributed by atoms with E-state index < -0.39 is 0 Å². The summed E-state index contributed by atoms with van der Waals surface area (Å²) in [5.41, 5.74) is 3.20. The SMILES string of the molecule is [Se]c1cccc2ccc(-c3ccccc3)nc12. The Labute approximate surface area is 108 Å². The van der Waals surface area contributed by atoms with Crippen molar-refractivity contribution in [1.29, 1.82) is 0 Å². The minimum absolute atomic E-state index is 1.01. The number of pyridine rings is 1. The molecule has 17 heavy (non-hydrogen) atoms. The molecule has 0 unspecified atom stereocenters. The second kappa shape index (κ2) is 4.32. The van der Waals surface area contributed by atoms with E-state index in [9.17, 15) is 0 Å². The Morgan fingerprint density at radius 2 is 1.59 bits per heavy atom. The van der Waals surface area contributed by atoms with Crippen LogP contribution < -0.4 is 4.46 Å². The van der Waals surface area contributed by atoms with Crippen molar-refractivity contribution in [3.8, 4) is 11.3 Å². The van der Waals surface area contributed by atoms with Crippen LogP contribution in [0.3, 0.4) is 0 Å². The molecule has 0 fully saturated rings. The van der Waals surface area contributed by atoms with Crippen molar-refractivity contribution in [2.45, 2.75) is 0 Å². The van der Waals surface area contributed by atoms with Gasteiger partial charge in [0, 0.05) is 0 Å². The number of fused-ring (bicyclic) bond motifs is 1. The number of benzene rings is 2. The molecule has 3 aromatic rings. The van der Waals surface area contributed by atoms with Crippen LogP contribution in [0.2, 0.25) is 0 Å². The molecular weight excluding hydrogens is 273 g/mol. The van der Waals surface area contributed by atoms with E-state index in [4.69, 9.17) is 4.98 Å². The molecular formula is C15H10NSe. The number of aromatic nitrogens is 1. The van der Waals surface area contributed by atoms with Crippen molar-refractivity contribution in [2.75, 3.05) is 0 Å². The quantitative estimate of drug-likeness (QED) is 0.626. The monoisotopic (exact) mass is 284 g/mol. The van der Waals surface area contributed by atoms with Crippen LogP contribution in [0.5, 0.6) is 0 Å². The summed E-state index contributed by atoms with van der Waals surface area (Å²) in [6.45, 7) is 0. The molecule has 1 nitrogen and oxygen atoms in total. The van der Waals surface area contributed by atoms with Gasteiger partial charge in [0.2, 0.25) is 0 Å². The van der Waals surface area contributed by atoms with Crippen LogP contribution in [0.4, 0.5) is 0 Å². The van der Waals surface area contributed by atoms with Gasteiger partial charge in [-0.3, -0.25) is 0 Å². The van der Waals surface area contributed by atoms with Gasteiger partial charge in [0.05, 0.1) is 0 Å². The Bertz CT molecular complexity index is 662. The standard InChI is InChI=1S/C15H10NSe/c17-14-8-4-7-12-9-10-13(16-15(12)14)11-5-2-1-3-6-11/h1-10H. The maximum absolute atomic E-state index is 4.71. The summed E-state index contributed by atoms with van der Waals surface area (Å²) in [7, 11) is 0. The zero-order valence-electron chi connectivity index (χ0n) is 9.13. The van der Waals surface area contributed by atoms with Gasteiger partial charge >= 0.3 is 108 Å². The van der Waals surface area contributed by atoms with E-state index in [0.717, 1.165) is 21.2 Å². The zero-order valence-corrected chi connectivity index (χ0v) is 10.8. The Morgan fingerprint density at radius 3 is 2.41 bits per heavy atom. The van der Waals surface area contributed by atoms with Crippen molar-refractivity contribution in [1.82, 2.24) is 4.98 Å². The molecule has 1 heterocycles. The van der Waals surface area contributed by atoms with Crippen molar-refractivity contribution >= 4 is 31.4 Å². The first-order valence-corrected chi connectivity index (χ1v) is 6.32. The van der Waals surface area contributed by atoms with Gasteiger partial charge in [-0.15, -0.1) is 0 Å². The van der Waals surface area contributed by atoms with Gasteiger partial charge in [-0.2, -0.15) is 0 Å². The third-order valence-corrected chi connectivity index (χ3v) is 3.44. The number of rotatable bonds is 1. The summed E-state index contributed by atoms with van der Waals surface area (Å²) < 4.78 is 1.10. The van der Waals surface area contributed by atoms with E-state index in [-0.39, 0.29) is 0 Å². The number of para-hydroxylation sites is 1. The summed E-state index contributed by atoms with van der Waals surface area (Å²) in [5, 5.41) is 1.17. The van der Waals surface area contributed by atoms with E-state index in [1.807, 2.05) is 30.3 Å². The predicted molar refractivity (Wildman–Crippen MR) is 72.6 cm³/mol. The molecule has 0 spiro atoms. The molecule has 2 aromatic carbocycles. The Kier molecular flexibility index (Phi) is 2.68. The van der Waals surface area contributed by atoms with Crippen LogP contribution in [-0.4, -0.2) is 21.0 Å². The van der Waals surface area contributed by atoms with Crippen LogP contribution in [0.25, 0.3) is 22.2 Å². The fourth-order valence-corrected chi connectivity index (χ4v) is 2.40. The Balaban J connectivity index is 2.23. The molecule has 0 aliphatic heterocycles. The third-order valence-electron chi connectivity index (χ3n) is 2.75. The second-order valence-corrected chi connectivity index (χ2v) is 4.81. The fraction of sp³-hybridized carbons (Fsp3) is 0. The summed E-state index contributed by atoms with van der Waals surface area (Å²) in [5.74, 6) is 0. The first kappa shape index (κ1) is 10.5. The Hall–Kier alpha value is -1.63. The van der Waals surface area contributed by atoms with Crippen molar-refractivity contribution in [2.24, 2.45) is 0 Å². The van der Waals surface area contributed by atoms with Crippen molar-refractivity contribution in [3.63, 3.8) is 0 Å². The molecule has 0 saturated heterocycles. The minimum atomic E-state index is 1.01. The molecule has 0 amide bonds. The third kappa shape index (κ3) is 1.97. The molecule has 0 aliphatic rings. The predicted octanol–water partition coefficient (Wildman–Crippen LogP) is 2.70. The van der Waals surface area contributed by atoms with E-state index in [2.05, 4.69) is 46.3 Å². The Morgan fingerprint density at radius 1 is 0.765 bits per heavy atom. The molecule has 81 valence electrons. The maximum atomic E-state index is 4.71. The van der Waals surface area contributed by atoms with Gasteiger partial charge < -0.3 is 0 Å². The van der Waals surface area contributed by atoms with Crippen LogP contribution >= 0.6 is 0 Å². The molecule has 1 aromatic heterocycles. The van der Waals surface area contributed by atoms with Crippen molar-refractivity contribution in [3.05, 3.63) is 60.7 Å². The molecule has 0 saturated carbocycles. The van der Waals surface area contributed by atoms with Gasteiger partial charge in [0.15, 0.2) is 0 Å². The summed E-state index contributed by atoms with van der Waals surface area (Å²) in [6, 6.07) is 20.6. The van der Waals surface area contributed by atoms with Crippen molar-refractivity contribution < 1.29 is 0 Å². The topological polar surface area (TPSA) is 12.9 Å². The molecule has 3 rings (SSSR count). The molecule has 0 aliphatic carbocycles. The van der Waals surface area contributed by atoms with E-state index in [1.165, 1.54) is 5.39 Å². The van der Waals surface area contributed by atoms with Crippen LogP contribution in [0.1, 0.15) is 0 Å². The van der Waals surface area contributed by atoms with Gasteiger partial charge in [-0.1, -0.05) is 0 Å². The number of hydrogen-bond donors (Lipinski definition) is 0. The molecule has 1 radical (unpaired) electrons. The van der Waals surface area contributed by atoms with Gasteiger partial charge in [-0.05, 0) is 0 Å². The van der Waals surface area contributed by atoms with Crippen LogP contribution in [-0.2, 0) is 0 Å². The van der Waals surface area contributed by atoms with Gasteiger partial charge in [0.25, 0.3) is 0 Å². The van der Waals surface area contributed by atoms with Gasteiger partial charge in [-0.25, -0.2) is 0 Å². The van der Waals surface area contributed by atoms with Crippen LogP contribution in [0.15, 0.2) is 60.7 Å². The van der Waals surface area contributed by atoms with Gasteiger partial charge in [0.1, 0.15) is 0 Å². The fourth-order valence-electron chi connectivity index (χ4n) is 1.89. The summed E-state index contributed by atoms with van der Waals surface area (Å²) >= 11 is 3.06. The first-order valence-electron chi connectivity index (χ1n) is 5.47. The molecule has 0 bridgehead atoms. The molecule has 0 atom stereocenters. The average molecular weight is 283 g/mol. The average Bonchev–Trinajstić information content (AvgIpc) is 2.40.